The average Bonchev–Trinajstić information content (AvgIpc) is 4.16. The number of H-pyrrole nitrogens is 2. The number of nitrogens with zero attached hydrogens (tertiary/aromatic N) is 6. The molecule has 4 unspecified atom stereocenters. The first kappa shape index (κ1) is 39.8. The van der Waals surface area contributed by atoms with Crippen molar-refractivity contribution in [2.45, 2.75) is 49.9 Å². The van der Waals surface area contributed by atoms with Gasteiger partial charge in [0.1, 0.15) is 23.7 Å². The minimum Gasteiger partial charge on any atom is -0.453 e. The number of rotatable bonds is 10. The van der Waals surface area contributed by atoms with Crippen LogP contribution in [0, 0.1) is 0 Å². The molecule has 2 saturated heterocycles. The maximum Gasteiger partial charge on any atom is 0.407 e. The molecule has 4 aromatic heterocycles. The first-order valence-corrected chi connectivity index (χ1v) is 20.5. The topological polar surface area (TPSA) is 200 Å². The van der Waals surface area contributed by atoms with Crippen LogP contribution in [-0.2, 0) is 19.1 Å². The summed E-state index contributed by atoms with van der Waals surface area (Å²) in [5, 5.41) is 5.42. The molecule has 6 heterocycles. The normalized spacial score (nSPS) is 17.2. The SMILES string of the molecule is COC(=O)NC(C(=O)N1CCCC1c1cnc2nc(-c3ccc(-c4cnc5nc(C6CCCN6C(=O)C(NC(=O)OC)c6ccccc6)[nH]c5c4)cc3)[nH]c2c1)c1ccccc1. The number of methoxy groups -OCH3 is 2. The molecule has 2 aliphatic heterocycles. The Morgan fingerprint density at radius 2 is 1.16 bits per heavy atom. The van der Waals surface area contributed by atoms with Crippen LogP contribution in [0.4, 0.5) is 9.59 Å². The van der Waals surface area contributed by atoms with Gasteiger partial charge >= 0.3 is 12.2 Å². The van der Waals surface area contributed by atoms with E-state index in [-0.39, 0.29) is 23.9 Å². The molecule has 4 N–H and O–H groups in total. The van der Waals surface area contributed by atoms with Crippen LogP contribution < -0.4 is 10.6 Å². The molecule has 4 atom stereocenters. The number of benzene rings is 3. The Hall–Kier alpha value is -7.62. The number of fused-ring (bicyclic) bond motifs is 2. The summed E-state index contributed by atoms with van der Waals surface area (Å²) in [5.41, 5.74) is 7.48. The van der Waals surface area contributed by atoms with Crippen LogP contribution in [0.1, 0.15) is 72.4 Å². The van der Waals surface area contributed by atoms with Gasteiger partial charge in [0.05, 0.1) is 37.3 Å². The summed E-state index contributed by atoms with van der Waals surface area (Å²) in [4.78, 5) is 81.8. The third-order valence-electron chi connectivity index (χ3n) is 11.6. The van der Waals surface area contributed by atoms with Crippen molar-refractivity contribution in [3.05, 3.63) is 132 Å². The van der Waals surface area contributed by atoms with Crippen LogP contribution in [-0.4, -0.2) is 91.0 Å². The summed E-state index contributed by atoms with van der Waals surface area (Å²) in [7, 11) is 2.55. The number of carbonyl (C=O) groups excluding carboxylic acids is 4. The van der Waals surface area contributed by atoms with Crippen molar-refractivity contribution in [1.29, 1.82) is 0 Å². The maximum atomic E-state index is 14.0. The van der Waals surface area contributed by atoms with Gasteiger partial charge in [0, 0.05) is 36.6 Å². The third kappa shape index (κ3) is 7.89. The summed E-state index contributed by atoms with van der Waals surface area (Å²) in [6.07, 6.45) is 5.25. The Balaban J connectivity index is 0.910. The van der Waals surface area contributed by atoms with Crippen molar-refractivity contribution >= 4 is 46.3 Å². The zero-order chi connectivity index (χ0) is 42.7. The van der Waals surface area contributed by atoms with E-state index in [0.29, 0.717) is 53.6 Å². The van der Waals surface area contributed by atoms with Crippen LogP contribution in [0.15, 0.2) is 109 Å². The van der Waals surface area contributed by atoms with Crippen LogP contribution >= 0.6 is 0 Å². The Morgan fingerprint density at radius 1 is 0.629 bits per heavy atom. The van der Waals surface area contributed by atoms with Crippen molar-refractivity contribution < 1.29 is 28.7 Å². The largest absolute Gasteiger partial charge is 0.453 e. The zero-order valence-corrected chi connectivity index (χ0v) is 34.1. The highest BCUT2D eigenvalue weighted by Gasteiger charge is 2.38. The molecule has 0 aliphatic carbocycles. The number of hydrogen-bond donors (Lipinski definition) is 4. The molecule has 9 rings (SSSR count). The van der Waals surface area contributed by atoms with Gasteiger partial charge in [-0.3, -0.25) is 9.59 Å². The molecule has 2 aliphatic rings. The Kier molecular flexibility index (Phi) is 11.0. The van der Waals surface area contributed by atoms with Gasteiger partial charge in [-0.15, -0.1) is 0 Å². The van der Waals surface area contributed by atoms with E-state index in [1.165, 1.54) is 14.2 Å². The van der Waals surface area contributed by atoms with Gasteiger partial charge in [-0.25, -0.2) is 29.5 Å². The van der Waals surface area contributed by atoms with Crippen LogP contribution in [0.25, 0.3) is 44.8 Å². The quantitative estimate of drug-likeness (QED) is 0.110. The van der Waals surface area contributed by atoms with Crippen LogP contribution in [0.5, 0.6) is 0 Å². The first-order chi connectivity index (χ1) is 30.3. The summed E-state index contributed by atoms with van der Waals surface area (Å²) in [6.45, 7) is 1.07. The molecule has 62 heavy (non-hydrogen) atoms. The monoisotopic (exact) mass is 832 g/mol. The van der Waals surface area contributed by atoms with Crippen LogP contribution in [0.2, 0.25) is 0 Å². The zero-order valence-electron chi connectivity index (χ0n) is 34.1. The number of ether oxygens (including phenoxy) is 2. The van der Waals surface area contributed by atoms with Crippen LogP contribution in [0.3, 0.4) is 0 Å². The number of imidazole rings is 2. The number of aromatic amines is 2. The lowest BCUT2D eigenvalue weighted by Gasteiger charge is -2.29. The van der Waals surface area contributed by atoms with Gasteiger partial charge in [0.15, 0.2) is 11.3 Å². The Morgan fingerprint density at radius 3 is 1.77 bits per heavy atom. The summed E-state index contributed by atoms with van der Waals surface area (Å²) in [5.74, 6) is 0.834. The summed E-state index contributed by atoms with van der Waals surface area (Å²) in [6, 6.07) is 27.9. The van der Waals surface area contributed by atoms with Crippen molar-refractivity contribution in [1.82, 2.24) is 50.3 Å². The van der Waals surface area contributed by atoms with Crippen molar-refractivity contribution in [2.24, 2.45) is 0 Å². The second kappa shape index (κ2) is 17.2. The number of pyridine rings is 2. The Bertz CT molecular complexity index is 2650. The molecular weight excluding hydrogens is 789 g/mol. The lowest BCUT2D eigenvalue weighted by atomic mass is 10.0. The van der Waals surface area contributed by atoms with Gasteiger partial charge in [0.25, 0.3) is 5.91 Å². The molecular formula is C46H44N10O6. The van der Waals surface area contributed by atoms with E-state index in [2.05, 4.69) is 30.6 Å². The molecule has 0 bridgehead atoms. The fourth-order valence-electron chi connectivity index (χ4n) is 8.53. The van der Waals surface area contributed by atoms with Crippen molar-refractivity contribution in [2.75, 3.05) is 27.3 Å². The maximum absolute atomic E-state index is 14.0. The number of carbonyl (C=O) groups is 4. The number of amides is 4. The lowest BCUT2D eigenvalue weighted by Crippen LogP contribution is -2.42. The van der Waals surface area contributed by atoms with E-state index >= 15 is 0 Å². The average molecular weight is 833 g/mol. The summed E-state index contributed by atoms with van der Waals surface area (Å²) < 4.78 is 9.67. The molecule has 0 radical (unpaired) electrons. The fraction of sp³-hybridized carbons (Fsp3) is 0.261. The highest BCUT2D eigenvalue weighted by atomic mass is 16.5. The molecule has 3 aromatic carbocycles. The lowest BCUT2D eigenvalue weighted by molar-refractivity contribution is -0.135. The predicted octanol–water partition coefficient (Wildman–Crippen LogP) is 7.08. The number of alkyl carbamates (subject to hydrolysis) is 2. The van der Waals surface area contributed by atoms with Gasteiger partial charge in [0.2, 0.25) is 5.91 Å². The molecule has 2 fully saturated rings. The standard InChI is InChI=1S/C46H44N10O6/c1-61-45(59)51-37(28-11-5-3-6-12-28)43(57)55-21-9-15-35(55)32-24-34-40(48-26-32)53-39(49-34)30-19-17-27(18-20-30)31-23-33-41(47-25-31)54-42(50-33)36-16-10-22-56(36)44(58)38(52-46(60)62-2)29-13-7-4-8-14-29/h3-8,11-14,17-20,23-26,35-38H,9-10,15-16,21-22H2,1-2H3,(H,51,59)(H,52,60)(H,47,50,54)(H,48,49,53). The predicted molar refractivity (Wildman–Crippen MR) is 229 cm³/mol. The van der Waals surface area contributed by atoms with Gasteiger partial charge in [-0.1, -0.05) is 84.9 Å². The molecule has 7 aromatic rings. The molecule has 0 saturated carbocycles. The molecule has 0 spiro atoms. The number of hydrogen-bond acceptors (Lipinski definition) is 10. The van der Waals surface area contributed by atoms with E-state index in [0.717, 1.165) is 52.5 Å². The third-order valence-corrected chi connectivity index (χ3v) is 11.6. The van der Waals surface area contributed by atoms with E-state index in [9.17, 15) is 19.2 Å². The summed E-state index contributed by atoms with van der Waals surface area (Å²) >= 11 is 0. The first-order valence-electron chi connectivity index (χ1n) is 20.5. The highest BCUT2D eigenvalue weighted by Crippen LogP contribution is 2.37. The molecule has 16 heteroatoms. The van der Waals surface area contributed by atoms with Crippen molar-refractivity contribution in [3.8, 4) is 22.5 Å². The van der Waals surface area contributed by atoms with E-state index in [1.807, 2.05) is 89.8 Å². The highest BCUT2D eigenvalue weighted by molar-refractivity contribution is 5.89. The minimum atomic E-state index is -0.910. The van der Waals surface area contributed by atoms with Crippen molar-refractivity contribution in [3.63, 3.8) is 0 Å². The van der Waals surface area contributed by atoms with Gasteiger partial charge in [-0.05, 0) is 60.1 Å². The molecule has 314 valence electrons. The number of likely N-dealkylation sites (tertiary alicyclic amines) is 2. The Labute approximate surface area is 356 Å². The second-order valence-corrected chi connectivity index (χ2v) is 15.4. The number of aromatic nitrogens is 6. The second-order valence-electron chi connectivity index (χ2n) is 15.4. The molecule has 4 amide bonds. The minimum absolute atomic E-state index is 0.215. The van der Waals surface area contributed by atoms with E-state index in [1.54, 1.807) is 29.4 Å². The number of nitrogens with one attached hydrogen (secondary N) is 4. The van der Waals surface area contributed by atoms with E-state index < -0.39 is 24.3 Å². The fourth-order valence-corrected chi connectivity index (χ4v) is 8.53. The smallest absolute Gasteiger partial charge is 0.407 e. The van der Waals surface area contributed by atoms with E-state index in [4.69, 9.17) is 19.4 Å². The van der Waals surface area contributed by atoms with Gasteiger partial charge < -0.3 is 39.9 Å². The molecule has 16 nitrogen and oxygen atoms in total. The van der Waals surface area contributed by atoms with Gasteiger partial charge in [-0.2, -0.15) is 0 Å².